The smallest absolute Gasteiger partial charge is 0.224 e. The van der Waals surface area contributed by atoms with E-state index in [1.165, 1.54) is 0 Å². The lowest BCUT2D eigenvalue weighted by Gasteiger charge is -2.33. The third-order valence-electron chi connectivity index (χ3n) is 3.44. The van der Waals surface area contributed by atoms with Crippen molar-refractivity contribution in [1.29, 1.82) is 0 Å². The van der Waals surface area contributed by atoms with E-state index in [-0.39, 0.29) is 18.6 Å². The van der Waals surface area contributed by atoms with Gasteiger partial charge in [-0.2, -0.15) is 0 Å². The molecule has 4 heteroatoms. The Balaban J connectivity index is 2.35. The van der Waals surface area contributed by atoms with Crippen LogP contribution in [-0.2, 0) is 4.79 Å². The Kier molecular flexibility index (Phi) is 6.52. The third-order valence-corrected chi connectivity index (χ3v) is 3.44. The lowest BCUT2D eigenvalue weighted by molar-refractivity contribution is -0.133. The summed E-state index contributed by atoms with van der Waals surface area (Å²) in [4.78, 5) is 14.0. The number of nitrogens with one attached hydrogen (secondary N) is 1. The molecule has 0 spiro atoms. The molecule has 1 heterocycles. The number of amides is 1. The molecule has 0 aromatic rings. The normalized spacial score (nSPS) is 22.5. The average molecular weight is 242 g/mol. The first-order valence-electron chi connectivity index (χ1n) is 6.79. The molecule has 100 valence electrons. The Bertz CT molecular complexity index is 231. The number of hydrogen-bond acceptors (Lipinski definition) is 3. The van der Waals surface area contributed by atoms with E-state index in [0.717, 1.165) is 38.9 Å². The summed E-state index contributed by atoms with van der Waals surface area (Å²) in [5, 5.41) is 12.2. The highest BCUT2D eigenvalue weighted by Crippen LogP contribution is 2.19. The van der Waals surface area contributed by atoms with E-state index in [1.807, 2.05) is 4.90 Å². The van der Waals surface area contributed by atoms with Gasteiger partial charge < -0.3 is 15.3 Å². The van der Waals surface area contributed by atoms with Crippen molar-refractivity contribution in [2.24, 2.45) is 5.92 Å². The summed E-state index contributed by atoms with van der Waals surface area (Å²) >= 11 is 0. The number of rotatable bonds is 6. The number of likely N-dealkylation sites (tertiary alicyclic amines) is 1. The molecule has 1 saturated heterocycles. The standard InChI is InChI=1S/C13H26N2O2/c1-3-14-11(2)9-13(17)15-7-4-5-12(10-15)6-8-16/h11-12,14,16H,3-10H2,1-2H3. The molecule has 4 nitrogen and oxygen atoms in total. The van der Waals surface area contributed by atoms with Crippen LogP contribution in [0.15, 0.2) is 0 Å². The van der Waals surface area contributed by atoms with Gasteiger partial charge in [-0.15, -0.1) is 0 Å². The van der Waals surface area contributed by atoms with Crippen molar-refractivity contribution in [1.82, 2.24) is 10.2 Å². The van der Waals surface area contributed by atoms with Crippen LogP contribution in [0.4, 0.5) is 0 Å². The first-order valence-corrected chi connectivity index (χ1v) is 6.79. The maximum Gasteiger partial charge on any atom is 0.224 e. The van der Waals surface area contributed by atoms with Gasteiger partial charge in [0.15, 0.2) is 0 Å². The molecule has 1 aliphatic rings. The fourth-order valence-corrected chi connectivity index (χ4v) is 2.52. The van der Waals surface area contributed by atoms with Crippen LogP contribution < -0.4 is 5.32 Å². The molecule has 2 unspecified atom stereocenters. The molecular weight excluding hydrogens is 216 g/mol. The Morgan fingerprint density at radius 2 is 2.35 bits per heavy atom. The Morgan fingerprint density at radius 3 is 3.00 bits per heavy atom. The predicted octanol–water partition coefficient (Wildman–Crippen LogP) is 0.995. The number of aliphatic hydroxyl groups excluding tert-OH is 1. The number of carbonyl (C=O) groups is 1. The van der Waals surface area contributed by atoms with E-state index < -0.39 is 0 Å². The zero-order chi connectivity index (χ0) is 12.7. The van der Waals surface area contributed by atoms with Gasteiger partial charge in [-0.1, -0.05) is 6.92 Å². The van der Waals surface area contributed by atoms with Crippen molar-refractivity contribution in [3.8, 4) is 0 Å². The fourth-order valence-electron chi connectivity index (χ4n) is 2.52. The first kappa shape index (κ1) is 14.5. The number of aliphatic hydroxyl groups is 1. The van der Waals surface area contributed by atoms with Crippen molar-refractivity contribution in [3.05, 3.63) is 0 Å². The summed E-state index contributed by atoms with van der Waals surface area (Å²) in [5.41, 5.74) is 0. The second-order valence-electron chi connectivity index (χ2n) is 5.02. The minimum atomic E-state index is 0.237. The lowest BCUT2D eigenvalue weighted by Crippen LogP contribution is -2.42. The predicted molar refractivity (Wildman–Crippen MR) is 68.8 cm³/mol. The van der Waals surface area contributed by atoms with E-state index in [1.54, 1.807) is 0 Å². The number of hydrogen-bond donors (Lipinski definition) is 2. The molecule has 0 aromatic carbocycles. The summed E-state index contributed by atoms with van der Waals surface area (Å²) in [7, 11) is 0. The van der Waals surface area contributed by atoms with Gasteiger partial charge in [0.1, 0.15) is 0 Å². The second kappa shape index (κ2) is 7.67. The third kappa shape index (κ3) is 5.04. The number of piperidine rings is 1. The van der Waals surface area contributed by atoms with Crippen molar-refractivity contribution in [2.75, 3.05) is 26.2 Å². The number of carbonyl (C=O) groups excluding carboxylic acids is 1. The van der Waals surface area contributed by atoms with E-state index in [0.29, 0.717) is 12.3 Å². The van der Waals surface area contributed by atoms with Crippen LogP contribution in [0, 0.1) is 5.92 Å². The summed E-state index contributed by atoms with van der Waals surface area (Å²) in [5.74, 6) is 0.744. The van der Waals surface area contributed by atoms with Gasteiger partial charge >= 0.3 is 0 Å². The highest BCUT2D eigenvalue weighted by Gasteiger charge is 2.23. The van der Waals surface area contributed by atoms with Crippen LogP contribution in [0.1, 0.15) is 39.5 Å². The van der Waals surface area contributed by atoms with Gasteiger partial charge in [0.05, 0.1) is 0 Å². The molecule has 1 fully saturated rings. The monoisotopic (exact) mass is 242 g/mol. The van der Waals surface area contributed by atoms with Gasteiger partial charge in [0.25, 0.3) is 0 Å². The quantitative estimate of drug-likeness (QED) is 0.730. The highest BCUT2D eigenvalue weighted by molar-refractivity contribution is 5.76. The number of nitrogens with zero attached hydrogens (tertiary/aromatic N) is 1. The maximum absolute atomic E-state index is 12.1. The summed E-state index contributed by atoms with van der Waals surface area (Å²) in [6.45, 7) is 6.97. The largest absolute Gasteiger partial charge is 0.396 e. The fraction of sp³-hybridized carbons (Fsp3) is 0.923. The SMILES string of the molecule is CCNC(C)CC(=O)N1CCCC(CCO)C1. The van der Waals surface area contributed by atoms with Crippen molar-refractivity contribution < 1.29 is 9.90 Å². The summed E-state index contributed by atoms with van der Waals surface area (Å²) in [6, 6.07) is 0.255. The van der Waals surface area contributed by atoms with E-state index in [4.69, 9.17) is 5.11 Å². The molecule has 2 atom stereocenters. The van der Waals surface area contributed by atoms with Gasteiger partial charge in [0, 0.05) is 32.2 Å². The van der Waals surface area contributed by atoms with Crippen LogP contribution in [0.2, 0.25) is 0 Å². The molecule has 17 heavy (non-hydrogen) atoms. The molecule has 0 bridgehead atoms. The summed E-state index contributed by atoms with van der Waals surface area (Å²) in [6.07, 6.45) is 3.63. The van der Waals surface area contributed by atoms with Crippen LogP contribution in [-0.4, -0.2) is 48.2 Å². The van der Waals surface area contributed by atoms with Gasteiger partial charge in [0.2, 0.25) is 5.91 Å². The van der Waals surface area contributed by atoms with E-state index >= 15 is 0 Å². The molecule has 1 aliphatic heterocycles. The van der Waals surface area contributed by atoms with Crippen LogP contribution in [0.5, 0.6) is 0 Å². The van der Waals surface area contributed by atoms with E-state index in [9.17, 15) is 4.79 Å². The molecule has 1 amide bonds. The highest BCUT2D eigenvalue weighted by atomic mass is 16.3. The molecule has 0 saturated carbocycles. The maximum atomic E-state index is 12.1. The average Bonchev–Trinajstić information content (AvgIpc) is 2.30. The minimum absolute atomic E-state index is 0.237. The molecule has 0 radical (unpaired) electrons. The zero-order valence-corrected chi connectivity index (χ0v) is 11.1. The Morgan fingerprint density at radius 1 is 1.59 bits per heavy atom. The summed E-state index contributed by atoms with van der Waals surface area (Å²) < 4.78 is 0. The van der Waals surface area contributed by atoms with E-state index in [2.05, 4.69) is 19.2 Å². The van der Waals surface area contributed by atoms with Crippen LogP contribution >= 0.6 is 0 Å². The van der Waals surface area contributed by atoms with Gasteiger partial charge in [-0.25, -0.2) is 0 Å². The topological polar surface area (TPSA) is 52.6 Å². The molecule has 0 aliphatic carbocycles. The molecule has 2 N–H and O–H groups in total. The van der Waals surface area contributed by atoms with Crippen LogP contribution in [0.25, 0.3) is 0 Å². The van der Waals surface area contributed by atoms with Crippen molar-refractivity contribution in [3.63, 3.8) is 0 Å². The Labute approximate surface area is 104 Å². The van der Waals surface area contributed by atoms with Crippen LogP contribution in [0.3, 0.4) is 0 Å². The molecule has 1 rings (SSSR count). The lowest BCUT2D eigenvalue weighted by atomic mass is 9.95. The molecule has 0 aromatic heterocycles. The second-order valence-corrected chi connectivity index (χ2v) is 5.02. The Hall–Kier alpha value is -0.610. The van der Waals surface area contributed by atoms with Crippen molar-refractivity contribution in [2.45, 2.75) is 45.6 Å². The first-order chi connectivity index (χ1) is 8.17. The van der Waals surface area contributed by atoms with Crippen molar-refractivity contribution >= 4 is 5.91 Å². The zero-order valence-electron chi connectivity index (χ0n) is 11.1. The van der Waals surface area contributed by atoms with Gasteiger partial charge in [-0.3, -0.25) is 4.79 Å². The minimum Gasteiger partial charge on any atom is -0.396 e. The molecular formula is C13H26N2O2. The van der Waals surface area contributed by atoms with Gasteiger partial charge in [-0.05, 0) is 38.6 Å².